The fraction of sp³-hybridized carbons (Fsp3) is 0.484. The van der Waals surface area contributed by atoms with Gasteiger partial charge in [0, 0.05) is 50.7 Å². The minimum Gasteiger partial charge on any atom is -0.339 e. The topological polar surface area (TPSA) is 71.3 Å². The average Bonchev–Trinajstić information content (AvgIpc) is 3.33. The van der Waals surface area contributed by atoms with Crippen LogP contribution in [0, 0.1) is 6.92 Å². The van der Waals surface area contributed by atoms with Crippen molar-refractivity contribution in [1.82, 2.24) is 24.6 Å². The van der Waals surface area contributed by atoms with Crippen molar-refractivity contribution < 1.29 is 9.59 Å². The number of amides is 2. The second-order valence-electron chi connectivity index (χ2n) is 10.4. The van der Waals surface area contributed by atoms with E-state index in [9.17, 15) is 9.59 Å². The van der Waals surface area contributed by atoms with Crippen LogP contribution in [0.5, 0.6) is 0 Å². The van der Waals surface area contributed by atoms with Crippen molar-refractivity contribution in [2.45, 2.75) is 76.9 Å². The molecule has 1 aliphatic heterocycles. The third-order valence-corrected chi connectivity index (χ3v) is 8.34. The van der Waals surface area contributed by atoms with E-state index in [1.54, 1.807) is 11.8 Å². The number of hydrogen-bond donors (Lipinski definition) is 0. The highest BCUT2D eigenvalue weighted by Gasteiger charge is 2.29. The van der Waals surface area contributed by atoms with Crippen LogP contribution in [-0.4, -0.2) is 67.8 Å². The molecule has 0 N–H and O–H groups in total. The highest BCUT2D eigenvalue weighted by Crippen LogP contribution is 2.26. The van der Waals surface area contributed by atoms with Crippen LogP contribution < -0.4 is 0 Å². The molecule has 7 nitrogen and oxygen atoms in total. The van der Waals surface area contributed by atoms with E-state index in [1.807, 2.05) is 15.9 Å². The highest BCUT2D eigenvalue weighted by molar-refractivity contribution is 7.99. The minimum atomic E-state index is 0.0838. The van der Waals surface area contributed by atoms with Crippen LogP contribution in [0.2, 0.25) is 0 Å². The van der Waals surface area contributed by atoms with E-state index in [0.717, 1.165) is 48.1 Å². The summed E-state index contributed by atoms with van der Waals surface area (Å²) in [5.74, 6) is 2.22. The lowest BCUT2D eigenvalue weighted by Gasteiger charge is -2.40. The number of aromatic nitrogens is 3. The molecule has 3 aromatic rings. The lowest BCUT2D eigenvalue weighted by molar-refractivity contribution is -0.142. The van der Waals surface area contributed by atoms with Crippen molar-refractivity contribution >= 4 is 23.6 Å². The summed E-state index contributed by atoms with van der Waals surface area (Å²) in [4.78, 5) is 29.2. The molecule has 8 heteroatoms. The number of carbonyl (C=O) groups excluding carboxylic acids is 2. The predicted molar refractivity (Wildman–Crippen MR) is 157 cm³/mol. The molecule has 1 aromatic heterocycles. The zero-order valence-corrected chi connectivity index (χ0v) is 24.3. The molecule has 1 unspecified atom stereocenters. The quantitative estimate of drug-likeness (QED) is 0.216. The smallest absolute Gasteiger partial charge is 0.222 e. The van der Waals surface area contributed by atoms with Gasteiger partial charge in [-0.1, -0.05) is 73.6 Å². The molecule has 2 amide bonds. The SMILES string of the molecule is CCCCC(=O)N1CCN(C(=O)CCCCSc2nnc(Cc3ccccc3)n2-c2ccccc2C)CC1C. The van der Waals surface area contributed by atoms with Crippen molar-refractivity contribution in [2.24, 2.45) is 0 Å². The van der Waals surface area contributed by atoms with Crippen LogP contribution in [0.3, 0.4) is 0 Å². The normalized spacial score (nSPS) is 15.5. The third kappa shape index (κ3) is 7.72. The van der Waals surface area contributed by atoms with E-state index in [4.69, 9.17) is 0 Å². The standard InChI is InChI=1S/C31H41N5O2S/c1-4-5-17-30(38)35-20-19-34(23-25(35)3)29(37)18-11-12-21-39-31-33-32-28(22-26-14-7-6-8-15-26)36(31)27-16-10-9-13-24(27)2/h6-10,13-16,25H,4-5,11-12,17-23H2,1-3H3. The molecule has 0 aliphatic carbocycles. The van der Waals surface area contributed by atoms with Crippen LogP contribution >= 0.6 is 11.8 Å². The van der Waals surface area contributed by atoms with E-state index < -0.39 is 0 Å². The molecular formula is C31H41N5O2S. The molecule has 0 radical (unpaired) electrons. The Morgan fingerprint density at radius 1 is 0.923 bits per heavy atom. The third-order valence-electron chi connectivity index (χ3n) is 7.32. The number of nitrogens with zero attached hydrogens (tertiary/aromatic N) is 5. The van der Waals surface area contributed by atoms with Crippen LogP contribution in [0.25, 0.3) is 5.69 Å². The first kappa shape index (κ1) is 28.9. The summed E-state index contributed by atoms with van der Waals surface area (Å²) < 4.78 is 2.18. The van der Waals surface area contributed by atoms with Gasteiger partial charge in [0.1, 0.15) is 5.82 Å². The number of aryl methyl sites for hydroxylation is 1. The van der Waals surface area contributed by atoms with Crippen molar-refractivity contribution in [2.75, 3.05) is 25.4 Å². The zero-order valence-electron chi connectivity index (χ0n) is 23.5. The number of hydrogen-bond acceptors (Lipinski definition) is 5. The van der Waals surface area contributed by atoms with Crippen molar-refractivity contribution in [1.29, 1.82) is 0 Å². The molecule has 1 fully saturated rings. The number of carbonyl (C=O) groups is 2. The zero-order chi connectivity index (χ0) is 27.6. The van der Waals surface area contributed by atoms with Gasteiger partial charge in [0.05, 0.1) is 5.69 Å². The molecule has 0 spiro atoms. The Labute approximate surface area is 237 Å². The summed E-state index contributed by atoms with van der Waals surface area (Å²) in [6.07, 6.45) is 5.58. The van der Waals surface area contributed by atoms with Crippen molar-refractivity contribution in [3.8, 4) is 5.69 Å². The van der Waals surface area contributed by atoms with Gasteiger partial charge in [-0.25, -0.2) is 0 Å². The molecule has 2 heterocycles. The Hall–Kier alpha value is -3.13. The van der Waals surface area contributed by atoms with Crippen LogP contribution in [0.1, 0.15) is 69.3 Å². The molecule has 39 heavy (non-hydrogen) atoms. The van der Waals surface area contributed by atoms with E-state index in [0.29, 0.717) is 38.9 Å². The van der Waals surface area contributed by atoms with Gasteiger partial charge in [-0.15, -0.1) is 10.2 Å². The molecule has 1 atom stereocenters. The lowest BCUT2D eigenvalue weighted by atomic mass is 10.1. The Morgan fingerprint density at radius 3 is 2.41 bits per heavy atom. The van der Waals surface area contributed by atoms with E-state index in [-0.39, 0.29) is 17.9 Å². The predicted octanol–water partition coefficient (Wildman–Crippen LogP) is 5.68. The van der Waals surface area contributed by atoms with Gasteiger partial charge >= 0.3 is 0 Å². The number of para-hydroxylation sites is 1. The molecule has 4 rings (SSSR count). The number of thioether (sulfide) groups is 1. The lowest BCUT2D eigenvalue weighted by Crippen LogP contribution is -2.55. The van der Waals surface area contributed by atoms with Crippen LogP contribution in [0.4, 0.5) is 0 Å². The summed E-state index contributed by atoms with van der Waals surface area (Å²) in [6, 6.07) is 18.8. The molecule has 0 saturated carbocycles. The minimum absolute atomic E-state index is 0.0838. The molecule has 208 valence electrons. The highest BCUT2D eigenvalue weighted by atomic mass is 32.2. The van der Waals surface area contributed by atoms with E-state index >= 15 is 0 Å². The average molecular weight is 548 g/mol. The van der Waals surface area contributed by atoms with Gasteiger partial charge in [0.15, 0.2) is 5.16 Å². The molecule has 2 aromatic carbocycles. The first-order valence-corrected chi connectivity index (χ1v) is 15.2. The van der Waals surface area contributed by atoms with Gasteiger partial charge < -0.3 is 9.80 Å². The first-order chi connectivity index (χ1) is 19.0. The fourth-order valence-electron chi connectivity index (χ4n) is 5.07. The maximum atomic E-state index is 12.9. The number of benzene rings is 2. The molecule has 1 aliphatic rings. The Balaban J connectivity index is 1.29. The van der Waals surface area contributed by atoms with Gasteiger partial charge in [-0.3, -0.25) is 14.2 Å². The van der Waals surface area contributed by atoms with Crippen LogP contribution in [-0.2, 0) is 16.0 Å². The number of unbranched alkanes of at least 4 members (excludes halogenated alkanes) is 2. The first-order valence-electron chi connectivity index (χ1n) is 14.2. The van der Waals surface area contributed by atoms with Gasteiger partial charge in [-0.05, 0) is 50.3 Å². The van der Waals surface area contributed by atoms with Crippen molar-refractivity contribution in [3.63, 3.8) is 0 Å². The van der Waals surface area contributed by atoms with Gasteiger partial charge in [0.25, 0.3) is 0 Å². The second kappa shape index (κ2) is 14.3. The van der Waals surface area contributed by atoms with Crippen LogP contribution in [0.15, 0.2) is 59.8 Å². The maximum absolute atomic E-state index is 12.9. The largest absolute Gasteiger partial charge is 0.339 e. The number of piperazine rings is 1. The van der Waals surface area contributed by atoms with Crippen molar-refractivity contribution in [3.05, 3.63) is 71.5 Å². The van der Waals surface area contributed by atoms with E-state index in [2.05, 4.69) is 84.1 Å². The fourth-order valence-corrected chi connectivity index (χ4v) is 6.03. The Morgan fingerprint density at radius 2 is 1.67 bits per heavy atom. The monoisotopic (exact) mass is 547 g/mol. The van der Waals surface area contributed by atoms with E-state index in [1.165, 1.54) is 11.1 Å². The molecule has 1 saturated heterocycles. The Kier molecular flexibility index (Phi) is 10.6. The Bertz CT molecular complexity index is 1230. The molecule has 0 bridgehead atoms. The van der Waals surface area contributed by atoms with Gasteiger partial charge in [0.2, 0.25) is 11.8 Å². The summed E-state index contributed by atoms with van der Waals surface area (Å²) in [7, 11) is 0. The summed E-state index contributed by atoms with van der Waals surface area (Å²) >= 11 is 1.70. The second-order valence-corrected chi connectivity index (χ2v) is 11.4. The summed E-state index contributed by atoms with van der Waals surface area (Å²) in [6.45, 7) is 8.18. The summed E-state index contributed by atoms with van der Waals surface area (Å²) in [5.41, 5.74) is 3.49. The van der Waals surface area contributed by atoms with Gasteiger partial charge in [-0.2, -0.15) is 0 Å². The molecular weight excluding hydrogens is 506 g/mol. The maximum Gasteiger partial charge on any atom is 0.222 e. The number of rotatable bonds is 12. The summed E-state index contributed by atoms with van der Waals surface area (Å²) in [5, 5.41) is 10.0.